The number of aromatic nitrogens is 2. The van der Waals surface area contributed by atoms with Gasteiger partial charge in [0, 0.05) is 19.8 Å². The van der Waals surface area contributed by atoms with E-state index in [9.17, 15) is 14.7 Å². The molecule has 100 valence electrons. The van der Waals surface area contributed by atoms with Crippen molar-refractivity contribution in [3.05, 3.63) is 17.5 Å². The molecular weight excluding hydrogens is 234 g/mol. The molecule has 0 aliphatic rings. The Balaban J connectivity index is 3.15. The normalized spacial score (nSPS) is 11.4. The fraction of sp³-hybridized carbons (Fsp3) is 0.583. The van der Waals surface area contributed by atoms with Crippen LogP contribution in [0.25, 0.3) is 0 Å². The summed E-state index contributed by atoms with van der Waals surface area (Å²) >= 11 is 0. The minimum Gasteiger partial charge on any atom is -0.480 e. The van der Waals surface area contributed by atoms with Crippen LogP contribution in [0.15, 0.2) is 6.20 Å². The van der Waals surface area contributed by atoms with Gasteiger partial charge in [-0.25, -0.2) is 4.79 Å². The van der Waals surface area contributed by atoms with E-state index >= 15 is 0 Å². The molecule has 0 bridgehead atoms. The Labute approximate surface area is 106 Å². The highest BCUT2D eigenvalue weighted by Crippen LogP contribution is 2.19. The predicted octanol–water partition coefficient (Wildman–Crippen LogP) is 1.05. The maximum atomic E-state index is 12.4. The Morgan fingerprint density at radius 3 is 2.39 bits per heavy atom. The highest BCUT2D eigenvalue weighted by atomic mass is 16.4. The number of aryl methyl sites for hydroxylation is 2. The number of aliphatic carboxylic acids is 1. The van der Waals surface area contributed by atoms with Gasteiger partial charge in [0.25, 0.3) is 5.91 Å². The third kappa shape index (κ3) is 2.37. The van der Waals surface area contributed by atoms with Gasteiger partial charge in [-0.1, -0.05) is 0 Å². The Morgan fingerprint density at radius 1 is 1.50 bits per heavy atom. The monoisotopic (exact) mass is 253 g/mol. The summed E-state index contributed by atoms with van der Waals surface area (Å²) in [6.07, 6.45) is 1.61. The van der Waals surface area contributed by atoms with E-state index in [4.69, 9.17) is 0 Å². The molecule has 1 N–H and O–H groups in total. The summed E-state index contributed by atoms with van der Waals surface area (Å²) in [7, 11) is 1.72. The van der Waals surface area contributed by atoms with E-state index in [0.29, 0.717) is 17.8 Å². The third-order valence-electron chi connectivity index (χ3n) is 3.00. The van der Waals surface area contributed by atoms with Gasteiger partial charge in [0.05, 0.1) is 11.3 Å². The summed E-state index contributed by atoms with van der Waals surface area (Å²) in [6, 6.07) is 0. The van der Waals surface area contributed by atoms with Crippen molar-refractivity contribution in [1.29, 1.82) is 0 Å². The number of rotatable bonds is 4. The van der Waals surface area contributed by atoms with Gasteiger partial charge in [-0.3, -0.25) is 9.48 Å². The minimum absolute atomic E-state index is 0.310. The summed E-state index contributed by atoms with van der Waals surface area (Å²) in [6.45, 7) is 6.85. The van der Waals surface area contributed by atoms with E-state index in [1.807, 2.05) is 0 Å². The van der Waals surface area contributed by atoms with Crippen molar-refractivity contribution in [3.8, 4) is 0 Å². The first-order chi connectivity index (χ1) is 8.21. The van der Waals surface area contributed by atoms with Crippen LogP contribution in [-0.4, -0.2) is 43.7 Å². The molecule has 0 atom stereocenters. The van der Waals surface area contributed by atoms with Gasteiger partial charge < -0.3 is 10.0 Å². The first kappa shape index (κ1) is 14.2. The van der Waals surface area contributed by atoms with Crippen molar-refractivity contribution in [2.24, 2.45) is 7.05 Å². The number of carboxylic acids is 1. The van der Waals surface area contributed by atoms with E-state index in [1.54, 1.807) is 31.8 Å². The summed E-state index contributed by atoms with van der Waals surface area (Å²) < 4.78 is 1.55. The average molecular weight is 253 g/mol. The number of amides is 1. The molecule has 0 spiro atoms. The standard InChI is InChI=1S/C12H19N3O3/c1-6-15(12(3,4)11(17)18)10(16)9-7-14(5)13-8(9)2/h7H,6H2,1-5H3,(H,17,18). The van der Waals surface area contributed by atoms with Crippen LogP contribution in [-0.2, 0) is 11.8 Å². The number of carboxylic acid groups (broad SMARTS) is 1. The number of hydrogen-bond acceptors (Lipinski definition) is 3. The summed E-state index contributed by atoms with van der Waals surface area (Å²) in [5.41, 5.74) is -0.204. The predicted molar refractivity (Wildman–Crippen MR) is 66.4 cm³/mol. The van der Waals surface area contributed by atoms with E-state index in [0.717, 1.165) is 0 Å². The van der Waals surface area contributed by atoms with Crippen LogP contribution in [0.1, 0.15) is 36.8 Å². The lowest BCUT2D eigenvalue weighted by Crippen LogP contribution is -2.53. The van der Waals surface area contributed by atoms with Gasteiger partial charge in [-0.15, -0.1) is 0 Å². The smallest absolute Gasteiger partial charge is 0.329 e. The molecule has 0 aliphatic carbocycles. The zero-order valence-electron chi connectivity index (χ0n) is 11.4. The van der Waals surface area contributed by atoms with Crippen LogP contribution in [0, 0.1) is 6.92 Å². The largest absolute Gasteiger partial charge is 0.480 e. The van der Waals surface area contributed by atoms with Crippen LogP contribution in [0.3, 0.4) is 0 Å². The summed E-state index contributed by atoms with van der Waals surface area (Å²) in [5, 5.41) is 13.3. The van der Waals surface area contributed by atoms with Crippen LogP contribution in [0.5, 0.6) is 0 Å². The second kappa shape index (κ2) is 4.80. The van der Waals surface area contributed by atoms with Crippen molar-refractivity contribution in [1.82, 2.24) is 14.7 Å². The van der Waals surface area contributed by atoms with E-state index in [1.165, 1.54) is 18.7 Å². The molecule has 0 aromatic carbocycles. The Kier molecular flexibility index (Phi) is 3.79. The van der Waals surface area contributed by atoms with Gasteiger partial charge >= 0.3 is 5.97 Å². The highest BCUT2D eigenvalue weighted by molar-refractivity contribution is 5.98. The SMILES string of the molecule is CCN(C(=O)c1cn(C)nc1C)C(C)(C)C(=O)O. The molecule has 1 rings (SSSR count). The average Bonchev–Trinajstić information content (AvgIpc) is 2.58. The van der Waals surface area contributed by atoms with Crippen LogP contribution in [0.4, 0.5) is 0 Å². The molecule has 6 nitrogen and oxygen atoms in total. The number of carbonyl (C=O) groups excluding carboxylic acids is 1. The van der Waals surface area contributed by atoms with Gasteiger partial charge in [0.1, 0.15) is 5.54 Å². The van der Waals surface area contributed by atoms with Crippen molar-refractivity contribution >= 4 is 11.9 Å². The molecule has 0 saturated carbocycles. The number of likely N-dealkylation sites (N-methyl/N-ethyl adjacent to an activating group) is 1. The van der Waals surface area contributed by atoms with Crippen molar-refractivity contribution in [2.75, 3.05) is 6.54 Å². The fourth-order valence-corrected chi connectivity index (χ4v) is 1.86. The van der Waals surface area contributed by atoms with Crippen molar-refractivity contribution in [3.63, 3.8) is 0 Å². The molecule has 0 saturated heterocycles. The molecule has 0 radical (unpaired) electrons. The van der Waals surface area contributed by atoms with E-state index in [-0.39, 0.29) is 5.91 Å². The molecule has 1 amide bonds. The number of carbonyl (C=O) groups is 2. The lowest BCUT2D eigenvalue weighted by Gasteiger charge is -2.34. The quantitative estimate of drug-likeness (QED) is 0.870. The molecular formula is C12H19N3O3. The Bertz CT molecular complexity index is 477. The minimum atomic E-state index is -1.24. The van der Waals surface area contributed by atoms with Gasteiger partial charge in [-0.2, -0.15) is 5.10 Å². The first-order valence-electron chi connectivity index (χ1n) is 5.77. The topological polar surface area (TPSA) is 75.4 Å². The zero-order valence-corrected chi connectivity index (χ0v) is 11.4. The molecule has 0 aliphatic heterocycles. The van der Waals surface area contributed by atoms with Crippen LogP contribution >= 0.6 is 0 Å². The lowest BCUT2D eigenvalue weighted by molar-refractivity contribution is -0.147. The zero-order chi connectivity index (χ0) is 14.1. The third-order valence-corrected chi connectivity index (χ3v) is 3.00. The van der Waals surface area contributed by atoms with Gasteiger partial charge in [0.2, 0.25) is 0 Å². The van der Waals surface area contributed by atoms with Gasteiger partial charge in [-0.05, 0) is 27.7 Å². The second-order valence-corrected chi connectivity index (χ2v) is 4.72. The molecule has 1 aromatic heterocycles. The number of hydrogen-bond donors (Lipinski definition) is 1. The summed E-state index contributed by atoms with van der Waals surface area (Å²) in [4.78, 5) is 24.9. The molecule has 0 unspecified atom stereocenters. The number of nitrogens with zero attached hydrogens (tertiary/aromatic N) is 3. The molecule has 6 heteroatoms. The second-order valence-electron chi connectivity index (χ2n) is 4.72. The van der Waals surface area contributed by atoms with Crippen LogP contribution < -0.4 is 0 Å². The van der Waals surface area contributed by atoms with E-state index in [2.05, 4.69) is 5.10 Å². The van der Waals surface area contributed by atoms with E-state index < -0.39 is 11.5 Å². The van der Waals surface area contributed by atoms with Crippen molar-refractivity contribution in [2.45, 2.75) is 33.2 Å². The maximum absolute atomic E-state index is 12.4. The summed E-state index contributed by atoms with van der Waals surface area (Å²) in [5.74, 6) is -1.34. The Hall–Kier alpha value is -1.85. The first-order valence-corrected chi connectivity index (χ1v) is 5.77. The maximum Gasteiger partial charge on any atom is 0.329 e. The molecule has 1 aromatic rings. The molecule has 18 heavy (non-hydrogen) atoms. The van der Waals surface area contributed by atoms with Gasteiger partial charge in [0.15, 0.2) is 0 Å². The Morgan fingerprint density at radius 2 is 2.06 bits per heavy atom. The molecule has 0 fully saturated rings. The fourth-order valence-electron chi connectivity index (χ4n) is 1.86. The van der Waals surface area contributed by atoms with Crippen LogP contribution in [0.2, 0.25) is 0 Å². The van der Waals surface area contributed by atoms with Crippen molar-refractivity contribution < 1.29 is 14.7 Å². The molecule has 1 heterocycles. The lowest BCUT2D eigenvalue weighted by atomic mass is 10.0. The highest BCUT2D eigenvalue weighted by Gasteiger charge is 2.38.